The highest BCUT2D eigenvalue weighted by molar-refractivity contribution is 5.91. The number of carbonyl (C=O) groups is 1. The maximum atomic E-state index is 11.9. The average molecular weight is 278 g/mol. The first-order chi connectivity index (χ1) is 9.72. The molecule has 2 aromatic heterocycles. The van der Waals surface area contributed by atoms with E-state index in [-0.39, 0.29) is 18.2 Å². The maximum absolute atomic E-state index is 11.9. The van der Waals surface area contributed by atoms with Gasteiger partial charge in [-0.25, -0.2) is 0 Å². The van der Waals surface area contributed by atoms with Gasteiger partial charge < -0.3 is 9.73 Å². The maximum Gasteiger partial charge on any atom is 0.287 e. The van der Waals surface area contributed by atoms with Gasteiger partial charge in [-0.15, -0.1) is 10.2 Å². The molecule has 0 aliphatic carbocycles. The van der Waals surface area contributed by atoms with Crippen molar-refractivity contribution in [3.05, 3.63) is 29.5 Å². The zero-order chi connectivity index (χ0) is 14.4. The van der Waals surface area contributed by atoms with E-state index in [4.69, 9.17) is 4.42 Å². The summed E-state index contributed by atoms with van der Waals surface area (Å²) in [5.74, 6) is 1.20. The van der Waals surface area contributed by atoms with E-state index < -0.39 is 0 Å². The Morgan fingerprint density at radius 3 is 2.85 bits per heavy atom. The minimum absolute atomic E-state index is 0.210. The Morgan fingerprint density at radius 1 is 1.40 bits per heavy atom. The number of amides is 1. The summed E-state index contributed by atoms with van der Waals surface area (Å²) in [6.07, 6.45) is 0. The third-order valence-corrected chi connectivity index (χ3v) is 2.96. The Morgan fingerprint density at radius 2 is 2.20 bits per heavy atom. The molecule has 0 aliphatic rings. The van der Waals surface area contributed by atoms with Crippen LogP contribution in [0.15, 0.2) is 16.5 Å². The van der Waals surface area contributed by atoms with Gasteiger partial charge in [0, 0.05) is 0 Å². The van der Waals surface area contributed by atoms with Crippen LogP contribution in [-0.2, 0) is 13.1 Å². The molecule has 8 nitrogen and oxygen atoms in total. The lowest BCUT2D eigenvalue weighted by molar-refractivity contribution is 0.0918. The fraction of sp³-hybridized carbons (Fsp3) is 0.500. The Labute approximate surface area is 116 Å². The summed E-state index contributed by atoms with van der Waals surface area (Å²) in [6, 6.07) is 3.49. The van der Waals surface area contributed by atoms with Gasteiger partial charge in [-0.3, -0.25) is 9.69 Å². The number of hydrogen-bond acceptors (Lipinski definition) is 6. The second-order valence-corrected chi connectivity index (χ2v) is 4.24. The van der Waals surface area contributed by atoms with E-state index >= 15 is 0 Å². The zero-order valence-corrected chi connectivity index (χ0v) is 11.6. The van der Waals surface area contributed by atoms with Crippen molar-refractivity contribution in [2.75, 3.05) is 13.1 Å². The highest BCUT2D eigenvalue weighted by Gasteiger charge is 2.13. The van der Waals surface area contributed by atoms with Crippen LogP contribution < -0.4 is 5.32 Å². The van der Waals surface area contributed by atoms with Gasteiger partial charge in [0.15, 0.2) is 11.6 Å². The molecule has 0 atom stereocenters. The van der Waals surface area contributed by atoms with E-state index in [1.165, 1.54) is 0 Å². The van der Waals surface area contributed by atoms with Crippen LogP contribution in [0.5, 0.6) is 0 Å². The number of nitrogens with one attached hydrogen (secondary N) is 2. The highest BCUT2D eigenvalue weighted by atomic mass is 16.4. The molecule has 1 amide bonds. The minimum atomic E-state index is -0.291. The molecule has 0 bridgehead atoms. The second kappa shape index (κ2) is 6.80. The number of carbonyl (C=O) groups excluding carboxylic acids is 1. The van der Waals surface area contributed by atoms with Crippen LogP contribution in [0.3, 0.4) is 0 Å². The highest BCUT2D eigenvalue weighted by Crippen LogP contribution is 2.10. The third-order valence-electron chi connectivity index (χ3n) is 2.96. The molecule has 0 aromatic carbocycles. The van der Waals surface area contributed by atoms with Crippen molar-refractivity contribution < 1.29 is 9.21 Å². The lowest BCUT2D eigenvalue weighted by atomic mass is 10.3. The molecule has 0 spiro atoms. The molecule has 20 heavy (non-hydrogen) atoms. The molecule has 0 aliphatic heterocycles. The molecule has 2 rings (SSSR count). The van der Waals surface area contributed by atoms with Crippen molar-refractivity contribution in [3.8, 4) is 0 Å². The number of aromatic amines is 1. The number of aromatic nitrogens is 4. The van der Waals surface area contributed by atoms with Crippen LogP contribution in [0.1, 0.15) is 36.0 Å². The Kier molecular flexibility index (Phi) is 4.83. The van der Waals surface area contributed by atoms with E-state index in [0.717, 1.165) is 18.8 Å². The topological polar surface area (TPSA) is 99.9 Å². The number of H-pyrrole nitrogens is 1. The summed E-state index contributed by atoms with van der Waals surface area (Å²) in [5.41, 5.74) is 0. The first-order valence-corrected chi connectivity index (χ1v) is 6.54. The fourth-order valence-electron chi connectivity index (χ4n) is 1.76. The van der Waals surface area contributed by atoms with Crippen LogP contribution >= 0.6 is 0 Å². The van der Waals surface area contributed by atoms with Crippen molar-refractivity contribution >= 4 is 5.91 Å². The number of rotatable bonds is 7. The van der Waals surface area contributed by atoms with Crippen LogP contribution in [0, 0.1) is 0 Å². The van der Waals surface area contributed by atoms with Gasteiger partial charge in [0.2, 0.25) is 0 Å². The van der Waals surface area contributed by atoms with E-state index in [0.29, 0.717) is 12.4 Å². The predicted molar refractivity (Wildman–Crippen MR) is 70.7 cm³/mol. The average Bonchev–Trinajstić information content (AvgIpc) is 3.13. The molecule has 0 fully saturated rings. The number of nitrogens with zero attached hydrogens (tertiary/aromatic N) is 4. The SMILES string of the molecule is CCN(CC)Cc1ccc(C(=O)NCc2nn[nH]n2)o1. The largest absolute Gasteiger partial charge is 0.455 e. The molecule has 108 valence electrons. The standard InChI is InChI=1S/C12H18N6O2/c1-3-18(4-2)8-9-5-6-10(20-9)12(19)13-7-11-14-16-17-15-11/h5-6H,3-4,7-8H2,1-2H3,(H,13,19)(H,14,15,16,17). The van der Waals surface area contributed by atoms with E-state index in [1.807, 2.05) is 6.07 Å². The Hall–Kier alpha value is -2.22. The number of furan rings is 1. The van der Waals surface area contributed by atoms with Gasteiger partial charge in [-0.1, -0.05) is 19.1 Å². The Bertz CT molecular complexity index is 532. The molecule has 2 N–H and O–H groups in total. The smallest absolute Gasteiger partial charge is 0.287 e. The van der Waals surface area contributed by atoms with Crippen molar-refractivity contribution in [3.63, 3.8) is 0 Å². The van der Waals surface area contributed by atoms with Gasteiger partial charge in [-0.05, 0) is 25.2 Å². The van der Waals surface area contributed by atoms with Crippen molar-refractivity contribution in [2.45, 2.75) is 26.9 Å². The van der Waals surface area contributed by atoms with Crippen molar-refractivity contribution in [1.82, 2.24) is 30.8 Å². The number of tetrazole rings is 1. The summed E-state index contributed by atoms with van der Waals surface area (Å²) in [4.78, 5) is 14.1. The van der Waals surface area contributed by atoms with Gasteiger partial charge in [-0.2, -0.15) is 5.21 Å². The molecular weight excluding hydrogens is 260 g/mol. The summed E-state index contributed by atoms with van der Waals surface area (Å²) in [5, 5.41) is 15.9. The summed E-state index contributed by atoms with van der Waals surface area (Å²) in [6.45, 7) is 6.97. The van der Waals surface area contributed by atoms with Gasteiger partial charge in [0.1, 0.15) is 5.76 Å². The number of hydrogen-bond donors (Lipinski definition) is 2. The normalized spacial score (nSPS) is 10.9. The summed E-state index contributed by atoms with van der Waals surface area (Å²) < 4.78 is 5.53. The molecule has 0 saturated carbocycles. The molecule has 2 heterocycles. The molecular formula is C12H18N6O2. The van der Waals surface area contributed by atoms with Gasteiger partial charge in [0.25, 0.3) is 5.91 Å². The van der Waals surface area contributed by atoms with Crippen molar-refractivity contribution in [1.29, 1.82) is 0 Å². The van der Waals surface area contributed by atoms with E-state index in [1.54, 1.807) is 6.07 Å². The van der Waals surface area contributed by atoms with Crippen LogP contribution in [-0.4, -0.2) is 44.5 Å². The van der Waals surface area contributed by atoms with Crippen LogP contribution in [0.2, 0.25) is 0 Å². The summed E-state index contributed by atoms with van der Waals surface area (Å²) in [7, 11) is 0. The van der Waals surface area contributed by atoms with Crippen LogP contribution in [0.4, 0.5) is 0 Å². The third kappa shape index (κ3) is 3.64. The lowest BCUT2D eigenvalue weighted by Crippen LogP contribution is -2.23. The first kappa shape index (κ1) is 14.2. The molecule has 0 saturated heterocycles. The minimum Gasteiger partial charge on any atom is -0.455 e. The van der Waals surface area contributed by atoms with Crippen molar-refractivity contribution in [2.24, 2.45) is 0 Å². The van der Waals surface area contributed by atoms with Crippen LogP contribution in [0.25, 0.3) is 0 Å². The van der Waals surface area contributed by atoms with Gasteiger partial charge >= 0.3 is 0 Å². The molecule has 2 aromatic rings. The molecule has 0 radical (unpaired) electrons. The van der Waals surface area contributed by atoms with Gasteiger partial charge in [0.05, 0.1) is 13.1 Å². The second-order valence-electron chi connectivity index (χ2n) is 4.24. The van der Waals surface area contributed by atoms with E-state index in [9.17, 15) is 4.79 Å². The quantitative estimate of drug-likeness (QED) is 0.767. The molecule has 8 heteroatoms. The lowest BCUT2D eigenvalue weighted by Gasteiger charge is -2.15. The molecule has 0 unspecified atom stereocenters. The Balaban J connectivity index is 1.89. The zero-order valence-electron chi connectivity index (χ0n) is 11.6. The fourth-order valence-corrected chi connectivity index (χ4v) is 1.76. The monoisotopic (exact) mass is 278 g/mol. The predicted octanol–water partition coefficient (Wildman–Crippen LogP) is 0.564. The first-order valence-electron chi connectivity index (χ1n) is 6.54. The van der Waals surface area contributed by atoms with E-state index in [2.05, 4.69) is 44.7 Å². The summed E-state index contributed by atoms with van der Waals surface area (Å²) >= 11 is 0.